The number of aryl methyl sites for hydroxylation is 1. The SMILES string of the molecule is Cc1cc(C(=O)NC(C)CCC(=O)O)ccc1-n1cccn1. The second-order valence-corrected chi connectivity index (χ2v) is 5.26. The van der Waals surface area contributed by atoms with Crippen LogP contribution in [0.15, 0.2) is 36.7 Å². The Hall–Kier alpha value is -2.63. The molecule has 1 aromatic heterocycles. The second kappa shape index (κ2) is 6.89. The number of carboxylic acids is 1. The normalized spacial score (nSPS) is 11.9. The molecule has 0 bridgehead atoms. The van der Waals surface area contributed by atoms with Gasteiger partial charge in [0.1, 0.15) is 0 Å². The van der Waals surface area contributed by atoms with E-state index in [1.54, 1.807) is 29.9 Å². The summed E-state index contributed by atoms with van der Waals surface area (Å²) in [5.74, 6) is -1.06. The maximum atomic E-state index is 12.2. The number of hydrogen-bond acceptors (Lipinski definition) is 3. The molecule has 1 aromatic carbocycles. The van der Waals surface area contributed by atoms with Gasteiger partial charge >= 0.3 is 5.97 Å². The molecule has 1 atom stereocenters. The maximum Gasteiger partial charge on any atom is 0.303 e. The minimum atomic E-state index is -0.861. The first-order valence-corrected chi connectivity index (χ1v) is 7.10. The van der Waals surface area contributed by atoms with E-state index in [1.807, 2.05) is 25.3 Å². The van der Waals surface area contributed by atoms with Crippen LogP contribution in [0, 0.1) is 6.92 Å². The van der Waals surface area contributed by atoms with Crippen LogP contribution in [0.5, 0.6) is 0 Å². The number of nitrogens with one attached hydrogen (secondary N) is 1. The fourth-order valence-corrected chi connectivity index (χ4v) is 2.18. The Labute approximate surface area is 128 Å². The lowest BCUT2D eigenvalue weighted by atomic mass is 10.1. The summed E-state index contributed by atoms with van der Waals surface area (Å²) >= 11 is 0. The molecule has 1 unspecified atom stereocenters. The molecular formula is C16H19N3O3. The van der Waals surface area contributed by atoms with Crippen LogP contribution in [0.1, 0.15) is 35.7 Å². The quantitative estimate of drug-likeness (QED) is 0.856. The lowest BCUT2D eigenvalue weighted by Gasteiger charge is -2.14. The number of amides is 1. The highest BCUT2D eigenvalue weighted by Gasteiger charge is 2.12. The van der Waals surface area contributed by atoms with E-state index in [0.717, 1.165) is 11.3 Å². The number of aliphatic carboxylic acids is 1. The Kier molecular flexibility index (Phi) is 4.93. The van der Waals surface area contributed by atoms with Crippen molar-refractivity contribution in [1.29, 1.82) is 0 Å². The summed E-state index contributed by atoms with van der Waals surface area (Å²) in [6.45, 7) is 3.72. The van der Waals surface area contributed by atoms with E-state index in [0.29, 0.717) is 12.0 Å². The van der Waals surface area contributed by atoms with Crippen molar-refractivity contribution in [3.8, 4) is 5.69 Å². The van der Waals surface area contributed by atoms with Gasteiger partial charge in [0.25, 0.3) is 5.91 Å². The molecular weight excluding hydrogens is 282 g/mol. The van der Waals surface area contributed by atoms with E-state index < -0.39 is 5.97 Å². The average molecular weight is 301 g/mol. The molecule has 6 heteroatoms. The zero-order valence-corrected chi connectivity index (χ0v) is 12.6. The van der Waals surface area contributed by atoms with E-state index in [-0.39, 0.29) is 18.4 Å². The van der Waals surface area contributed by atoms with Gasteiger partial charge in [0.2, 0.25) is 0 Å². The first-order valence-electron chi connectivity index (χ1n) is 7.10. The highest BCUT2D eigenvalue weighted by molar-refractivity contribution is 5.94. The molecule has 2 aromatic rings. The Morgan fingerprint density at radius 2 is 2.18 bits per heavy atom. The molecule has 0 fully saturated rings. The van der Waals surface area contributed by atoms with E-state index in [1.165, 1.54) is 0 Å². The van der Waals surface area contributed by atoms with Crippen molar-refractivity contribution in [2.45, 2.75) is 32.7 Å². The van der Waals surface area contributed by atoms with Crippen molar-refractivity contribution in [2.75, 3.05) is 0 Å². The van der Waals surface area contributed by atoms with Crippen molar-refractivity contribution in [3.63, 3.8) is 0 Å². The molecule has 2 rings (SSSR count). The minimum Gasteiger partial charge on any atom is -0.481 e. The van der Waals surface area contributed by atoms with E-state index in [9.17, 15) is 9.59 Å². The number of benzene rings is 1. The number of nitrogens with zero attached hydrogens (tertiary/aromatic N) is 2. The summed E-state index contributed by atoms with van der Waals surface area (Å²) in [5.41, 5.74) is 2.41. The zero-order chi connectivity index (χ0) is 16.1. The number of carbonyl (C=O) groups is 2. The molecule has 2 N–H and O–H groups in total. The Bertz CT molecular complexity index is 665. The highest BCUT2D eigenvalue weighted by Crippen LogP contribution is 2.15. The predicted octanol–water partition coefficient (Wildman–Crippen LogP) is 2.16. The van der Waals surface area contributed by atoms with E-state index >= 15 is 0 Å². The third-order valence-corrected chi connectivity index (χ3v) is 3.38. The van der Waals surface area contributed by atoms with Gasteiger partial charge in [0.05, 0.1) is 5.69 Å². The van der Waals surface area contributed by atoms with Gasteiger partial charge in [-0.15, -0.1) is 0 Å². The molecule has 22 heavy (non-hydrogen) atoms. The van der Waals surface area contributed by atoms with Gasteiger partial charge in [-0.25, -0.2) is 4.68 Å². The van der Waals surface area contributed by atoms with Crippen LogP contribution in [-0.4, -0.2) is 32.8 Å². The second-order valence-electron chi connectivity index (χ2n) is 5.26. The molecule has 6 nitrogen and oxygen atoms in total. The minimum absolute atomic E-state index is 0.0404. The summed E-state index contributed by atoms with van der Waals surface area (Å²) in [6.07, 6.45) is 3.99. The molecule has 0 spiro atoms. The summed E-state index contributed by atoms with van der Waals surface area (Å²) in [6, 6.07) is 7.04. The molecule has 0 aliphatic carbocycles. The molecule has 0 aliphatic rings. The van der Waals surface area contributed by atoms with Crippen LogP contribution in [0.25, 0.3) is 5.69 Å². The van der Waals surface area contributed by atoms with Crippen LogP contribution in [-0.2, 0) is 4.79 Å². The molecule has 1 amide bonds. The lowest BCUT2D eigenvalue weighted by Crippen LogP contribution is -2.33. The monoisotopic (exact) mass is 301 g/mol. The Balaban J connectivity index is 2.05. The Morgan fingerprint density at radius 1 is 1.41 bits per heavy atom. The van der Waals surface area contributed by atoms with Gasteiger partial charge in [0.15, 0.2) is 0 Å². The van der Waals surface area contributed by atoms with Crippen molar-refractivity contribution < 1.29 is 14.7 Å². The number of carboxylic acid groups (broad SMARTS) is 1. The zero-order valence-electron chi connectivity index (χ0n) is 12.6. The van der Waals surface area contributed by atoms with Crippen LogP contribution in [0.3, 0.4) is 0 Å². The highest BCUT2D eigenvalue weighted by atomic mass is 16.4. The smallest absolute Gasteiger partial charge is 0.303 e. The number of rotatable bonds is 6. The van der Waals surface area contributed by atoms with Crippen molar-refractivity contribution in [1.82, 2.24) is 15.1 Å². The third kappa shape index (κ3) is 3.94. The van der Waals surface area contributed by atoms with Gasteiger partial charge in [0, 0.05) is 30.4 Å². The van der Waals surface area contributed by atoms with Crippen molar-refractivity contribution in [2.24, 2.45) is 0 Å². The number of hydrogen-bond donors (Lipinski definition) is 2. The molecule has 1 heterocycles. The van der Waals surface area contributed by atoms with Gasteiger partial charge in [-0.05, 0) is 50.1 Å². The third-order valence-electron chi connectivity index (χ3n) is 3.38. The summed E-state index contributed by atoms with van der Waals surface area (Å²) in [7, 11) is 0. The molecule has 0 saturated carbocycles. The number of aromatic nitrogens is 2. The fourth-order valence-electron chi connectivity index (χ4n) is 2.18. The van der Waals surface area contributed by atoms with Gasteiger partial charge in [-0.1, -0.05) is 0 Å². The topological polar surface area (TPSA) is 84.2 Å². The van der Waals surface area contributed by atoms with Crippen molar-refractivity contribution in [3.05, 3.63) is 47.8 Å². The number of carbonyl (C=O) groups excluding carboxylic acids is 1. The van der Waals surface area contributed by atoms with Crippen LogP contribution >= 0.6 is 0 Å². The summed E-state index contributed by atoms with van der Waals surface area (Å²) in [5, 5.41) is 15.6. The van der Waals surface area contributed by atoms with Crippen LogP contribution in [0.4, 0.5) is 0 Å². The van der Waals surface area contributed by atoms with E-state index in [4.69, 9.17) is 5.11 Å². The molecule has 0 aliphatic heterocycles. The van der Waals surface area contributed by atoms with Crippen molar-refractivity contribution >= 4 is 11.9 Å². The van der Waals surface area contributed by atoms with Crippen LogP contribution in [0.2, 0.25) is 0 Å². The predicted molar refractivity (Wildman–Crippen MR) is 82.1 cm³/mol. The first-order chi connectivity index (χ1) is 10.5. The van der Waals surface area contributed by atoms with E-state index in [2.05, 4.69) is 10.4 Å². The summed E-state index contributed by atoms with van der Waals surface area (Å²) < 4.78 is 1.74. The maximum absolute atomic E-state index is 12.2. The van der Waals surface area contributed by atoms with Gasteiger partial charge in [-0.3, -0.25) is 9.59 Å². The fraction of sp³-hybridized carbons (Fsp3) is 0.312. The molecule has 116 valence electrons. The van der Waals surface area contributed by atoms with Gasteiger partial charge < -0.3 is 10.4 Å². The summed E-state index contributed by atoms with van der Waals surface area (Å²) in [4.78, 5) is 22.7. The first kappa shape index (κ1) is 15.8. The standard InChI is InChI=1S/C16H19N3O3/c1-11-10-13(5-6-14(11)19-9-3-8-17-19)16(22)18-12(2)4-7-15(20)21/h3,5-6,8-10,12H,4,7H2,1-2H3,(H,18,22)(H,20,21). The van der Waals surface area contributed by atoms with Gasteiger partial charge in [-0.2, -0.15) is 5.10 Å². The molecule has 0 saturated heterocycles. The average Bonchev–Trinajstić information content (AvgIpc) is 2.98. The lowest BCUT2D eigenvalue weighted by molar-refractivity contribution is -0.137. The molecule has 0 radical (unpaired) electrons. The Morgan fingerprint density at radius 3 is 2.77 bits per heavy atom. The largest absolute Gasteiger partial charge is 0.481 e. The van der Waals surface area contributed by atoms with Crippen LogP contribution < -0.4 is 5.32 Å².